The standard InChI is InChI=1S/C14H18N2O3/c1-16-8-2-3-12(16)13(18)14(19)15-9-10-4-6-11(17)7-5-10/h4-7,12,17H,2-3,8-9H2,1H3,(H,15,19). The lowest BCUT2D eigenvalue weighted by molar-refractivity contribution is -0.140. The average molecular weight is 262 g/mol. The van der Waals surface area contributed by atoms with Crippen LogP contribution in [0.3, 0.4) is 0 Å². The molecule has 1 saturated heterocycles. The van der Waals surface area contributed by atoms with Crippen LogP contribution in [0.1, 0.15) is 18.4 Å². The highest BCUT2D eigenvalue weighted by molar-refractivity contribution is 6.38. The Bertz CT molecular complexity index is 470. The summed E-state index contributed by atoms with van der Waals surface area (Å²) >= 11 is 0. The molecular weight excluding hydrogens is 244 g/mol. The smallest absolute Gasteiger partial charge is 0.289 e. The van der Waals surface area contributed by atoms with Crippen molar-refractivity contribution < 1.29 is 14.7 Å². The molecule has 0 bridgehead atoms. The summed E-state index contributed by atoms with van der Waals surface area (Å²) in [5, 5.41) is 11.8. The number of benzene rings is 1. The van der Waals surface area contributed by atoms with Crippen LogP contribution in [0.5, 0.6) is 5.75 Å². The molecule has 5 heteroatoms. The lowest BCUT2D eigenvalue weighted by Crippen LogP contribution is -2.42. The van der Waals surface area contributed by atoms with Crippen molar-refractivity contribution in [2.45, 2.75) is 25.4 Å². The second-order valence-electron chi connectivity index (χ2n) is 4.85. The molecule has 1 aliphatic rings. The minimum absolute atomic E-state index is 0.179. The number of Topliss-reactive ketones (excluding diaryl/α,β-unsaturated/α-hetero) is 1. The highest BCUT2D eigenvalue weighted by atomic mass is 16.3. The van der Waals surface area contributed by atoms with Gasteiger partial charge >= 0.3 is 0 Å². The first-order valence-electron chi connectivity index (χ1n) is 6.38. The topological polar surface area (TPSA) is 69.6 Å². The molecule has 5 nitrogen and oxygen atoms in total. The molecule has 19 heavy (non-hydrogen) atoms. The summed E-state index contributed by atoms with van der Waals surface area (Å²) in [7, 11) is 1.86. The van der Waals surface area contributed by atoms with Gasteiger partial charge in [0.05, 0.1) is 6.04 Å². The Morgan fingerprint density at radius 2 is 2.05 bits per heavy atom. The van der Waals surface area contributed by atoms with E-state index in [1.54, 1.807) is 24.3 Å². The van der Waals surface area contributed by atoms with Gasteiger partial charge in [-0.1, -0.05) is 12.1 Å². The van der Waals surface area contributed by atoms with E-state index in [4.69, 9.17) is 5.11 Å². The zero-order chi connectivity index (χ0) is 13.8. The third-order valence-corrected chi connectivity index (χ3v) is 3.44. The zero-order valence-corrected chi connectivity index (χ0v) is 10.9. The quantitative estimate of drug-likeness (QED) is 0.783. The van der Waals surface area contributed by atoms with Crippen LogP contribution in [0.15, 0.2) is 24.3 Å². The van der Waals surface area contributed by atoms with E-state index in [0.717, 1.165) is 24.9 Å². The predicted molar refractivity (Wildman–Crippen MR) is 70.6 cm³/mol. The number of likely N-dealkylation sites (N-methyl/N-ethyl adjacent to an activating group) is 1. The Labute approximate surface area is 112 Å². The number of amides is 1. The molecule has 0 spiro atoms. The number of phenolic OH excluding ortho intramolecular Hbond substituents is 1. The molecule has 1 fully saturated rings. The Kier molecular flexibility index (Phi) is 4.16. The molecule has 1 atom stereocenters. The number of likely N-dealkylation sites (tertiary alicyclic amines) is 1. The highest BCUT2D eigenvalue weighted by Crippen LogP contribution is 2.15. The molecule has 2 rings (SSSR count). The molecule has 0 radical (unpaired) electrons. The molecule has 0 aliphatic carbocycles. The van der Waals surface area contributed by atoms with E-state index in [2.05, 4.69) is 5.32 Å². The summed E-state index contributed by atoms with van der Waals surface area (Å²) in [4.78, 5) is 25.6. The maximum absolute atomic E-state index is 11.9. The van der Waals surface area contributed by atoms with Crippen molar-refractivity contribution in [1.82, 2.24) is 10.2 Å². The molecule has 1 aliphatic heterocycles. The summed E-state index contributed by atoms with van der Waals surface area (Å²) in [5.74, 6) is -0.718. The van der Waals surface area contributed by atoms with Gasteiger partial charge in [-0.2, -0.15) is 0 Å². The fourth-order valence-electron chi connectivity index (χ4n) is 2.28. The first kappa shape index (κ1) is 13.5. The third-order valence-electron chi connectivity index (χ3n) is 3.44. The second-order valence-corrected chi connectivity index (χ2v) is 4.85. The van der Waals surface area contributed by atoms with E-state index in [1.165, 1.54) is 0 Å². The molecule has 2 N–H and O–H groups in total. The number of nitrogens with zero attached hydrogens (tertiary/aromatic N) is 1. The summed E-state index contributed by atoms with van der Waals surface area (Å²) in [6.07, 6.45) is 1.71. The van der Waals surface area contributed by atoms with Gasteiger partial charge in [0.15, 0.2) is 0 Å². The van der Waals surface area contributed by atoms with Crippen molar-refractivity contribution in [1.29, 1.82) is 0 Å². The second kappa shape index (κ2) is 5.84. The minimum atomic E-state index is -0.535. The van der Waals surface area contributed by atoms with Crippen LogP contribution in [-0.2, 0) is 16.1 Å². The third kappa shape index (κ3) is 3.32. The number of phenols is 1. The summed E-state index contributed by atoms with van der Waals surface area (Å²) in [6, 6.07) is 6.24. The van der Waals surface area contributed by atoms with Gasteiger partial charge in [0.25, 0.3) is 5.91 Å². The Balaban J connectivity index is 1.87. The number of carbonyl (C=O) groups is 2. The summed E-state index contributed by atoms with van der Waals surface area (Å²) in [5.41, 5.74) is 0.846. The van der Waals surface area contributed by atoms with Gasteiger partial charge in [0.2, 0.25) is 5.78 Å². The van der Waals surface area contributed by atoms with Crippen LogP contribution >= 0.6 is 0 Å². The van der Waals surface area contributed by atoms with E-state index in [1.807, 2.05) is 11.9 Å². The number of carbonyl (C=O) groups excluding carboxylic acids is 2. The van der Waals surface area contributed by atoms with E-state index in [9.17, 15) is 9.59 Å². The number of hydrogen-bond donors (Lipinski definition) is 2. The number of hydrogen-bond acceptors (Lipinski definition) is 4. The lowest BCUT2D eigenvalue weighted by Gasteiger charge is -2.17. The summed E-state index contributed by atoms with van der Waals surface area (Å²) < 4.78 is 0. The highest BCUT2D eigenvalue weighted by Gasteiger charge is 2.31. The van der Waals surface area contributed by atoms with Crippen LogP contribution in [-0.4, -0.2) is 41.3 Å². The minimum Gasteiger partial charge on any atom is -0.508 e. The van der Waals surface area contributed by atoms with Gasteiger partial charge in [-0.3, -0.25) is 14.5 Å². The largest absolute Gasteiger partial charge is 0.508 e. The first-order valence-corrected chi connectivity index (χ1v) is 6.38. The van der Waals surface area contributed by atoms with Crippen LogP contribution < -0.4 is 5.32 Å². The van der Waals surface area contributed by atoms with E-state index >= 15 is 0 Å². The molecule has 1 heterocycles. The van der Waals surface area contributed by atoms with Crippen LogP contribution in [0, 0.1) is 0 Å². The lowest BCUT2D eigenvalue weighted by atomic mass is 10.1. The van der Waals surface area contributed by atoms with Gasteiger partial charge < -0.3 is 10.4 Å². The van der Waals surface area contributed by atoms with Crippen molar-refractivity contribution in [3.05, 3.63) is 29.8 Å². The van der Waals surface area contributed by atoms with Crippen molar-refractivity contribution >= 4 is 11.7 Å². The molecule has 0 saturated carbocycles. The Morgan fingerprint density at radius 3 is 2.63 bits per heavy atom. The molecule has 0 aromatic heterocycles. The molecule has 1 amide bonds. The summed E-state index contributed by atoms with van der Waals surface area (Å²) in [6.45, 7) is 1.16. The van der Waals surface area contributed by atoms with Gasteiger partial charge in [0, 0.05) is 6.54 Å². The van der Waals surface area contributed by atoms with Crippen LogP contribution in [0.4, 0.5) is 0 Å². The fraction of sp³-hybridized carbons (Fsp3) is 0.429. The SMILES string of the molecule is CN1CCCC1C(=O)C(=O)NCc1ccc(O)cc1. The van der Waals surface area contributed by atoms with E-state index in [-0.39, 0.29) is 17.6 Å². The number of aromatic hydroxyl groups is 1. The van der Waals surface area contributed by atoms with E-state index in [0.29, 0.717) is 6.54 Å². The molecule has 1 unspecified atom stereocenters. The Morgan fingerprint density at radius 1 is 1.37 bits per heavy atom. The van der Waals surface area contributed by atoms with Gasteiger partial charge in [-0.05, 0) is 44.1 Å². The van der Waals surface area contributed by atoms with Gasteiger partial charge in [0.1, 0.15) is 5.75 Å². The number of ketones is 1. The Hall–Kier alpha value is -1.88. The van der Waals surface area contributed by atoms with Crippen molar-refractivity contribution in [3.63, 3.8) is 0 Å². The zero-order valence-electron chi connectivity index (χ0n) is 10.9. The van der Waals surface area contributed by atoms with Crippen molar-refractivity contribution in [2.24, 2.45) is 0 Å². The first-order chi connectivity index (χ1) is 9.08. The fourth-order valence-corrected chi connectivity index (χ4v) is 2.28. The van der Waals surface area contributed by atoms with Gasteiger partial charge in [-0.25, -0.2) is 0 Å². The van der Waals surface area contributed by atoms with E-state index < -0.39 is 5.91 Å². The average Bonchev–Trinajstić information content (AvgIpc) is 2.83. The van der Waals surface area contributed by atoms with Gasteiger partial charge in [-0.15, -0.1) is 0 Å². The monoisotopic (exact) mass is 262 g/mol. The maximum atomic E-state index is 11.9. The molecule has 1 aromatic rings. The van der Waals surface area contributed by atoms with Crippen LogP contribution in [0.25, 0.3) is 0 Å². The maximum Gasteiger partial charge on any atom is 0.289 e. The normalized spacial score (nSPS) is 19.3. The van der Waals surface area contributed by atoms with Crippen molar-refractivity contribution in [3.8, 4) is 5.75 Å². The van der Waals surface area contributed by atoms with Crippen molar-refractivity contribution in [2.75, 3.05) is 13.6 Å². The molecule has 1 aromatic carbocycles. The number of nitrogens with one attached hydrogen (secondary N) is 1. The predicted octanol–water partition coefficient (Wildman–Crippen LogP) is 0.672. The molecular formula is C14H18N2O3. The number of rotatable bonds is 4. The van der Waals surface area contributed by atoms with Crippen LogP contribution in [0.2, 0.25) is 0 Å². The molecule has 102 valence electrons.